The molecule has 3 heteroatoms. The lowest BCUT2D eigenvalue weighted by atomic mass is 10.2. The quantitative estimate of drug-likeness (QED) is 0.776. The number of carboxylic acids is 1. The minimum Gasteiger partial charge on any atom is -0.478 e. The third-order valence-corrected chi connectivity index (χ3v) is 2.25. The Labute approximate surface area is 78.0 Å². The summed E-state index contributed by atoms with van der Waals surface area (Å²) in [6.07, 6.45) is 1.02. The summed E-state index contributed by atoms with van der Waals surface area (Å²) >= 11 is 0. The molecule has 1 heterocycles. The molecule has 0 saturated heterocycles. The van der Waals surface area contributed by atoms with Gasteiger partial charge in [0.1, 0.15) is 0 Å². The van der Waals surface area contributed by atoms with Crippen molar-refractivity contribution in [1.82, 2.24) is 4.57 Å². The van der Waals surface area contributed by atoms with Gasteiger partial charge in [-0.2, -0.15) is 0 Å². The number of rotatable bonds is 3. The van der Waals surface area contributed by atoms with Crippen LogP contribution in [0.3, 0.4) is 0 Å². The van der Waals surface area contributed by atoms with Crippen LogP contribution in [0.25, 0.3) is 0 Å². The Morgan fingerprint density at radius 3 is 2.54 bits per heavy atom. The molecule has 0 bridgehead atoms. The van der Waals surface area contributed by atoms with Crippen LogP contribution in [-0.4, -0.2) is 15.6 Å². The largest absolute Gasteiger partial charge is 0.478 e. The summed E-state index contributed by atoms with van der Waals surface area (Å²) in [4.78, 5) is 10.8. The van der Waals surface area contributed by atoms with E-state index < -0.39 is 5.97 Å². The summed E-state index contributed by atoms with van der Waals surface area (Å²) in [7, 11) is 0. The lowest BCUT2D eigenvalue weighted by Crippen LogP contribution is -2.03. The Morgan fingerprint density at radius 1 is 1.54 bits per heavy atom. The summed E-state index contributed by atoms with van der Waals surface area (Å²) < 4.78 is 2.05. The number of carbonyl (C=O) groups is 1. The first kappa shape index (κ1) is 9.84. The summed E-state index contributed by atoms with van der Waals surface area (Å²) in [5, 5.41) is 8.86. The van der Waals surface area contributed by atoms with E-state index in [1.54, 1.807) is 6.07 Å². The number of nitrogens with zero attached hydrogens (tertiary/aromatic N) is 1. The van der Waals surface area contributed by atoms with Gasteiger partial charge in [-0.05, 0) is 26.3 Å². The van der Waals surface area contributed by atoms with Gasteiger partial charge in [-0.1, -0.05) is 6.92 Å². The van der Waals surface area contributed by atoms with Crippen LogP contribution in [0.2, 0.25) is 0 Å². The van der Waals surface area contributed by atoms with E-state index in [0.29, 0.717) is 5.56 Å². The van der Waals surface area contributed by atoms with Gasteiger partial charge in [-0.15, -0.1) is 0 Å². The molecule has 13 heavy (non-hydrogen) atoms. The minimum absolute atomic E-state index is 0.422. The van der Waals surface area contributed by atoms with Crippen LogP contribution in [0.1, 0.15) is 35.1 Å². The first-order valence-electron chi connectivity index (χ1n) is 4.48. The summed E-state index contributed by atoms with van der Waals surface area (Å²) in [5.41, 5.74) is 2.30. The van der Waals surface area contributed by atoms with Crippen LogP contribution < -0.4 is 0 Å². The van der Waals surface area contributed by atoms with E-state index >= 15 is 0 Å². The monoisotopic (exact) mass is 181 g/mol. The van der Waals surface area contributed by atoms with Crippen molar-refractivity contribution in [2.24, 2.45) is 0 Å². The van der Waals surface area contributed by atoms with Gasteiger partial charge in [0.2, 0.25) is 0 Å². The van der Waals surface area contributed by atoms with Gasteiger partial charge in [0, 0.05) is 17.9 Å². The van der Waals surface area contributed by atoms with Crippen LogP contribution in [0, 0.1) is 13.8 Å². The van der Waals surface area contributed by atoms with Gasteiger partial charge >= 0.3 is 5.97 Å². The molecule has 0 fully saturated rings. The van der Waals surface area contributed by atoms with Crippen molar-refractivity contribution in [2.45, 2.75) is 33.7 Å². The Kier molecular flexibility index (Phi) is 2.76. The average Bonchev–Trinajstić information content (AvgIpc) is 2.32. The maximum atomic E-state index is 10.8. The Bertz CT molecular complexity index is 326. The molecule has 0 aliphatic heterocycles. The number of aromatic carboxylic acids is 1. The SMILES string of the molecule is CCCn1c(C)cc(C(=O)O)c1C. The topological polar surface area (TPSA) is 42.2 Å². The Hall–Kier alpha value is -1.25. The first-order chi connectivity index (χ1) is 6.07. The molecular weight excluding hydrogens is 166 g/mol. The van der Waals surface area contributed by atoms with Gasteiger partial charge < -0.3 is 9.67 Å². The third kappa shape index (κ3) is 1.74. The van der Waals surface area contributed by atoms with Crippen molar-refractivity contribution >= 4 is 5.97 Å². The molecule has 3 nitrogen and oxygen atoms in total. The Balaban J connectivity index is 3.14. The lowest BCUT2D eigenvalue weighted by molar-refractivity contribution is 0.0696. The molecule has 1 aromatic rings. The van der Waals surface area contributed by atoms with Gasteiger partial charge in [-0.3, -0.25) is 0 Å². The van der Waals surface area contributed by atoms with Crippen LogP contribution >= 0.6 is 0 Å². The molecule has 0 unspecified atom stereocenters. The van der Waals surface area contributed by atoms with Crippen molar-refractivity contribution in [3.05, 3.63) is 23.0 Å². The Morgan fingerprint density at radius 2 is 2.15 bits per heavy atom. The summed E-state index contributed by atoms with van der Waals surface area (Å²) in [5.74, 6) is -0.838. The zero-order valence-electron chi connectivity index (χ0n) is 8.29. The average molecular weight is 181 g/mol. The number of carboxylic acid groups (broad SMARTS) is 1. The molecular formula is C10H15NO2. The fourth-order valence-corrected chi connectivity index (χ4v) is 1.59. The third-order valence-electron chi connectivity index (χ3n) is 2.25. The zero-order chi connectivity index (χ0) is 10.0. The maximum Gasteiger partial charge on any atom is 0.337 e. The van der Waals surface area contributed by atoms with Crippen molar-refractivity contribution < 1.29 is 9.90 Å². The highest BCUT2D eigenvalue weighted by molar-refractivity contribution is 5.89. The van der Waals surface area contributed by atoms with Gasteiger partial charge in [-0.25, -0.2) is 4.79 Å². The zero-order valence-corrected chi connectivity index (χ0v) is 8.29. The molecule has 0 spiro atoms. The second-order valence-corrected chi connectivity index (χ2v) is 3.24. The second kappa shape index (κ2) is 3.64. The van der Waals surface area contributed by atoms with Gasteiger partial charge in [0.25, 0.3) is 0 Å². The standard InChI is InChI=1S/C10H15NO2/c1-4-5-11-7(2)6-9(8(11)3)10(12)13/h6H,4-5H2,1-3H3,(H,12,13). The number of aryl methyl sites for hydroxylation is 1. The summed E-state index contributed by atoms with van der Waals surface area (Å²) in [6.45, 7) is 6.77. The normalized spacial score (nSPS) is 10.4. The van der Waals surface area contributed by atoms with Crippen LogP contribution in [0.15, 0.2) is 6.07 Å². The predicted octanol–water partition coefficient (Wildman–Crippen LogP) is 2.21. The van der Waals surface area contributed by atoms with E-state index in [1.165, 1.54) is 0 Å². The lowest BCUT2D eigenvalue weighted by Gasteiger charge is -2.06. The van der Waals surface area contributed by atoms with E-state index in [2.05, 4.69) is 6.92 Å². The van der Waals surface area contributed by atoms with E-state index in [-0.39, 0.29) is 0 Å². The van der Waals surface area contributed by atoms with E-state index in [1.807, 2.05) is 18.4 Å². The highest BCUT2D eigenvalue weighted by Crippen LogP contribution is 2.15. The molecule has 0 saturated carbocycles. The molecule has 1 aromatic heterocycles. The minimum atomic E-state index is -0.838. The fraction of sp³-hybridized carbons (Fsp3) is 0.500. The second-order valence-electron chi connectivity index (χ2n) is 3.24. The highest BCUT2D eigenvalue weighted by Gasteiger charge is 2.13. The van der Waals surface area contributed by atoms with Crippen molar-refractivity contribution in [1.29, 1.82) is 0 Å². The highest BCUT2D eigenvalue weighted by atomic mass is 16.4. The van der Waals surface area contributed by atoms with Gasteiger partial charge in [0.15, 0.2) is 0 Å². The number of hydrogen-bond donors (Lipinski definition) is 1. The molecule has 0 aromatic carbocycles. The molecule has 0 aliphatic rings. The van der Waals surface area contributed by atoms with Crippen LogP contribution in [-0.2, 0) is 6.54 Å². The van der Waals surface area contributed by atoms with Crippen molar-refractivity contribution in [3.63, 3.8) is 0 Å². The predicted molar refractivity (Wildman–Crippen MR) is 51.2 cm³/mol. The smallest absolute Gasteiger partial charge is 0.337 e. The number of aromatic nitrogens is 1. The first-order valence-corrected chi connectivity index (χ1v) is 4.48. The molecule has 0 aliphatic carbocycles. The van der Waals surface area contributed by atoms with E-state index in [9.17, 15) is 4.79 Å². The van der Waals surface area contributed by atoms with Crippen LogP contribution in [0.5, 0.6) is 0 Å². The van der Waals surface area contributed by atoms with Crippen LogP contribution in [0.4, 0.5) is 0 Å². The molecule has 0 atom stereocenters. The molecule has 1 rings (SSSR count). The van der Waals surface area contributed by atoms with Gasteiger partial charge in [0.05, 0.1) is 5.56 Å². The maximum absolute atomic E-state index is 10.8. The molecule has 0 radical (unpaired) electrons. The molecule has 1 N–H and O–H groups in total. The van der Waals surface area contributed by atoms with Crippen molar-refractivity contribution in [2.75, 3.05) is 0 Å². The molecule has 0 amide bonds. The summed E-state index contributed by atoms with van der Waals surface area (Å²) in [6, 6.07) is 1.73. The van der Waals surface area contributed by atoms with E-state index in [4.69, 9.17) is 5.11 Å². The number of hydrogen-bond acceptors (Lipinski definition) is 1. The molecule has 72 valence electrons. The fourth-order valence-electron chi connectivity index (χ4n) is 1.59. The van der Waals surface area contributed by atoms with Crippen molar-refractivity contribution in [3.8, 4) is 0 Å². The van der Waals surface area contributed by atoms with E-state index in [0.717, 1.165) is 24.4 Å².